The molecule has 3 aromatic rings. The van der Waals surface area contributed by atoms with E-state index in [4.69, 9.17) is 5.73 Å². The second-order valence-electron chi connectivity index (χ2n) is 9.38. The van der Waals surface area contributed by atoms with E-state index in [9.17, 15) is 27.6 Å². The van der Waals surface area contributed by atoms with Gasteiger partial charge in [0.15, 0.2) is 17.5 Å². The normalized spacial score (nSPS) is 17.5. The van der Waals surface area contributed by atoms with Crippen molar-refractivity contribution in [1.82, 2.24) is 24.8 Å². The van der Waals surface area contributed by atoms with Crippen molar-refractivity contribution in [3.8, 4) is 0 Å². The standard InChI is InChI=1S/C26H28F3N7O3/c1-4-5-19(15-12-17(27)21(29)18(28)13-15)33-26(39)36-22(24(38)35(3)25-32-8-9-34(25)2)16(23(36)37)10-14-6-7-31-20(30)11-14/h6-9,11-13,16,19,22H,4-5,10H2,1-3H3,(H2,30,31)(H,33,39)/t16-,19-,22+/m1/s1. The molecule has 1 aliphatic heterocycles. The first-order valence-electron chi connectivity index (χ1n) is 12.3. The Kier molecular flexibility index (Phi) is 7.88. The van der Waals surface area contributed by atoms with Gasteiger partial charge in [-0.3, -0.25) is 19.4 Å². The maximum Gasteiger partial charge on any atom is 0.325 e. The van der Waals surface area contributed by atoms with Crippen LogP contribution in [0.25, 0.3) is 0 Å². The zero-order chi connectivity index (χ0) is 28.4. The van der Waals surface area contributed by atoms with E-state index >= 15 is 0 Å². The SMILES string of the molecule is CCC[C@@H](NC(=O)N1C(=O)[C@H](Cc2ccnc(N)c2)[C@H]1C(=O)N(C)c1nccn1C)c1cc(F)c(F)c(F)c1. The second-order valence-corrected chi connectivity index (χ2v) is 9.38. The first-order chi connectivity index (χ1) is 18.5. The van der Waals surface area contributed by atoms with Gasteiger partial charge in [0.25, 0.3) is 5.91 Å². The van der Waals surface area contributed by atoms with Crippen molar-refractivity contribution < 1.29 is 27.6 Å². The number of carbonyl (C=O) groups is 3. The molecule has 1 aliphatic rings. The van der Waals surface area contributed by atoms with Crippen LogP contribution >= 0.6 is 0 Å². The van der Waals surface area contributed by atoms with E-state index < -0.39 is 53.3 Å². The topological polar surface area (TPSA) is 126 Å². The van der Waals surface area contributed by atoms with Crippen LogP contribution in [0, 0.1) is 23.4 Å². The molecule has 1 fully saturated rings. The molecule has 206 valence electrons. The number of pyridine rings is 1. The van der Waals surface area contributed by atoms with E-state index in [0.717, 1.165) is 17.0 Å². The number of β-lactam (4-membered cyclic amide) rings is 1. The minimum absolute atomic E-state index is 0.00797. The number of imide groups is 1. The molecule has 2 aromatic heterocycles. The quantitative estimate of drug-likeness (QED) is 0.332. The van der Waals surface area contributed by atoms with Crippen LogP contribution in [0.1, 0.15) is 36.9 Å². The molecule has 3 N–H and O–H groups in total. The van der Waals surface area contributed by atoms with Crippen molar-refractivity contribution in [3.63, 3.8) is 0 Å². The monoisotopic (exact) mass is 543 g/mol. The average Bonchev–Trinajstić information content (AvgIpc) is 3.33. The van der Waals surface area contributed by atoms with Gasteiger partial charge in [-0.2, -0.15) is 0 Å². The summed E-state index contributed by atoms with van der Waals surface area (Å²) >= 11 is 0. The number of carbonyl (C=O) groups excluding carboxylic acids is 3. The summed E-state index contributed by atoms with van der Waals surface area (Å²) in [5, 5.41) is 2.59. The number of urea groups is 1. The van der Waals surface area contributed by atoms with Crippen LogP contribution in [-0.2, 0) is 23.1 Å². The van der Waals surface area contributed by atoms with Crippen molar-refractivity contribution in [2.24, 2.45) is 13.0 Å². The number of nitrogen functional groups attached to an aromatic ring is 1. The van der Waals surface area contributed by atoms with Crippen molar-refractivity contribution >= 4 is 29.6 Å². The summed E-state index contributed by atoms with van der Waals surface area (Å²) in [6, 6.07) is 1.77. The number of likely N-dealkylation sites (N-methyl/N-ethyl adjacent to an activating group) is 1. The zero-order valence-electron chi connectivity index (χ0n) is 21.6. The van der Waals surface area contributed by atoms with Crippen LogP contribution in [-0.4, -0.2) is 50.4 Å². The molecule has 4 rings (SSSR count). The highest BCUT2D eigenvalue weighted by molar-refractivity contribution is 6.12. The van der Waals surface area contributed by atoms with Gasteiger partial charge in [0, 0.05) is 32.7 Å². The number of nitrogens with one attached hydrogen (secondary N) is 1. The number of likely N-dealkylation sites (tertiary alicyclic amines) is 1. The van der Waals surface area contributed by atoms with Gasteiger partial charge in [-0.15, -0.1) is 0 Å². The highest BCUT2D eigenvalue weighted by Crippen LogP contribution is 2.33. The largest absolute Gasteiger partial charge is 0.384 e. The number of rotatable bonds is 8. The smallest absolute Gasteiger partial charge is 0.325 e. The third-order valence-electron chi connectivity index (χ3n) is 6.70. The summed E-state index contributed by atoms with van der Waals surface area (Å²) < 4.78 is 43.0. The maximum absolute atomic E-state index is 13.9. The maximum atomic E-state index is 13.9. The molecule has 3 atom stereocenters. The molecule has 4 amide bonds. The minimum atomic E-state index is -1.62. The molecule has 39 heavy (non-hydrogen) atoms. The fourth-order valence-corrected chi connectivity index (χ4v) is 4.72. The highest BCUT2D eigenvalue weighted by atomic mass is 19.2. The Hall–Kier alpha value is -4.42. The van der Waals surface area contributed by atoms with Crippen molar-refractivity contribution in [3.05, 3.63) is 71.4 Å². The number of aryl methyl sites for hydroxylation is 1. The van der Waals surface area contributed by atoms with Gasteiger partial charge in [-0.25, -0.2) is 27.9 Å². The molecular formula is C26H28F3N7O3. The third kappa shape index (κ3) is 5.42. The van der Waals surface area contributed by atoms with Crippen LogP contribution in [0.4, 0.5) is 29.7 Å². The molecule has 0 bridgehead atoms. The van der Waals surface area contributed by atoms with Gasteiger partial charge in [0.05, 0.1) is 12.0 Å². The van der Waals surface area contributed by atoms with Gasteiger partial charge in [0.1, 0.15) is 11.9 Å². The first kappa shape index (κ1) is 27.6. The Bertz CT molecular complexity index is 1390. The average molecular weight is 544 g/mol. The summed E-state index contributed by atoms with van der Waals surface area (Å²) in [6.07, 6.45) is 5.48. The summed E-state index contributed by atoms with van der Waals surface area (Å²) in [5.74, 6) is -5.95. The molecule has 10 nitrogen and oxygen atoms in total. The number of benzene rings is 1. The predicted octanol–water partition coefficient (Wildman–Crippen LogP) is 3.10. The predicted molar refractivity (Wildman–Crippen MR) is 136 cm³/mol. The Balaban J connectivity index is 1.63. The molecular weight excluding hydrogens is 515 g/mol. The number of nitrogens with two attached hydrogens (primary N) is 1. The molecule has 3 heterocycles. The van der Waals surface area contributed by atoms with E-state index in [1.807, 2.05) is 0 Å². The molecule has 1 aromatic carbocycles. The van der Waals surface area contributed by atoms with E-state index in [0.29, 0.717) is 17.9 Å². The van der Waals surface area contributed by atoms with Crippen LogP contribution in [0.5, 0.6) is 0 Å². The second kappa shape index (κ2) is 11.1. The van der Waals surface area contributed by atoms with Gasteiger partial charge in [-0.05, 0) is 48.2 Å². The number of anilines is 2. The van der Waals surface area contributed by atoms with E-state index in [1.54, 1.807) is 36.9 Å². The Labute approximate surface area is 222 Å². The number of imidazole rings is 1. The number of amides is 4. The van der Waals surface area contributed by atoms with Gasteiger partial charge in [0.2, 0.25) is 11.9 Å². The molecule has 1 saturated heterocycles. The molecule has 13 heteroatoms. The van der Waals surface area contributed by atoms with Crippen LogP contribution in [0.15, 0.2) is 42.9 Å². The summed E-state index contributed by atoms with van der Waals surface area (Å²) in [6.45, 7) is 1.79. The molecule has 0 radical (unpaired) electrons. The van der Waals surface area contributed by atoms with Crippen molar-refractivity contribution in [2.75, 3.05) is 17.7 Å². The molecule has 0 spiro atoms. The van der Waals surface area contributed by atoms with Crippen molar-refractivity contribution in [1.29, 1.82) is 0 Å². The van der Waals surface area contributed by atoms with Crippen LogP contribution in [0.3, 0.4) is 0 Å². The van der Waals surface area contributed by atoms with E-state index in [2.05, 4.69) is 15.3 Å². The number of halogens is 3. The number of hydrogen-bond acceptors (Lipinski definition) is 6. The number of hydrogen-bond donors (Lipinski definition) is 2. The fourth-order valence-electron chi connectivity index (χ4n) is 4.72. The Morgan fingerprint density at radius 1 is 1.15 bits per heavy atom. The third-order valence-corrected chi connectivity index (χ3v) is 6.70. The number of nitrogens with zero attached hydrogens (tertiary/aromatic N) is 5. The summed E-state index contributed by atoms with van der Waals surface area (Å²) in [7, 11) is 3.17. The van der Waals surface area contributed by atoms with Gasteiger partial charge < -0.3 is 15.6 Å². The number of aromatic nitrogens is 3. The molecule has 0 unspecified atom stereocenters. The first-order valence-corrected chi connectivity index (χ1v) is 12.3. The molecule has 0 saturated carbocycles. The zero-order valence-corrected chi connectivity index (χ0v) is 21.6. The lowest BCUT2D eigenvalue weighted by Crippen LogP contribution is -2.70. The van der Waals surface area contributed by atoms with Gasteiger partial charge in [-0.1, -0.05) is 13.3 Å². The Morgan fingerprint density at radius 3 is 2.44 bits per heavy atom. The van der Waals surface area contributed by atoms with Crippen molar-refractivity contribution in [2.45, 2.75) is 38.3 Å². The Morgan fingerprint density at radius 2 is 1.85 bits per heavy atom. The van der Waals surface area contributed by atoms with E-state index in [-0.39, 0.29) is 24.2 Å². The lowest BCUT2D eigenvalue weighted by atomic mass is 9.81. The van der Waals surface area contributed by atoms with E-state index in [1.165, 1.54) is 24.3 Å². The highest BCUT2D eigenvalue weighted by Gasteiger charge is 2.55. The van der Waals surface area contributed by atoms with Crippen LogP contribution in [0.2, 0.25) is 0 Å². The fraction of sp³-hybridized carbons (Fsp3) is 0.346. The van der Waals surface area contributed by atoms with Crippen LogP contribution < -0.4 is 16.0 Å². The lowest BCUT2D eigenvalue weighted by molar-refractivity contribution is -0.156. The minimum Gasteiger partial charge on any atom is -0.384 e. The molecule has 0 aliphatic carbocycles. The van der Waals surface area contributed by atoms with Gasteiger partial charge >= 0.3 is 6.03 Å². The lowest BCUT2D eigenvalue weighted by Gasteiger charge is -2.45. The summed E-state index contributed by atoms with van der Waals surface area (Å²) in [4.78, 5) is 50.4. The summed E-state index contributed by atoms with van der Waals surface area (Å²) in [5.41, 5.74) is 6.41.